The lowest BCUT2D eigenvalue weighted by molar-refractivity contribution is 0.0993. The Morgan fingerprint density at radius 3 is 2.94 bits per heavy atom. The van der Waals surface area contributed by atoms with Crippen molar-refractivity contribution >= 4 is 22.8 Å². The zero-order valence-corrected chi connectivity index (χ0v) is 9.75. The molecule has 0 unspecified atom stereocenters. The number of carbonyl (C=O) groups is 1. The summed E-state index contributed by atoms with van der Waals surface area (Å²) >= 11 is 1.50. The Morgan fingerprint density at radius 1 is 1.50 bits per heavy atom. The summed E-state index contributed by atoms with van der Waals surface area (Å²) in [6, 6.07) is 5.37. The van der Waals surface area contributed by atoms with E-state index in [0.29, 0.717) is 17.7 Å². The van der Waals surface area contributed by atoms with E-state index in [1.807, 2.05) is 13.0 Å². The van der Waals surface area contributed by atoms with Gasteiger partial charge in [0.1, 0.15) is 0 Å². The third kappa shape index (κ3) is 2.28. The first-order valence-corrected chi connectivity index (χ1v) is 5.81. The van der Waals surface area contributed by atoms with Crippen LogP contribution in [0.4, 0.5) is 5.69 Å². The minimum atomic E-state index is 0.104. The molecule has 2 rings (SSSR count). The molecule has 2 aromatic rings. The Kier molecular flexibility index (Phi) is 3.01. The summed E-state index contributed by atoms with van der Waals surface area (Å²) in [5, 5.41) is 0. The zero-order chi connectivity index (χ0) is 11.5. The number of carbonyl (C=O) groups excluding carboxylic acids is 1. The van der Waals surface area contributed by atoms with Crippen LogP contribution in [-0.4, -0.2) is 10.8 Å². The van der Waals surface area contributed by atoms with Gasteiger partial charge in [0.05, 0.1) is 5.51 Å². The number of aromatic nitrogens is 1. The number of nitrogens with zero attached hydrogens (tertiary/aromatic N) is 1. The molecule has 1 aromatic heterocycles. The van der Waals surface area contributed by atoms with E-state index < -0.39 is 0 Å². The fourth-order valence-corrected chi connectivity index (χ4v) is 2.03. The topological polar surface area (TPSA) is 56.0 Å². The fraction of sp³-hybridized carbons (Fsp3) is 0.167. The average molecular weight is 232 g/mol. The predicted molar refractivity (Wildman–Crippen MR) is 65.7 cm³/mol. The minimum absolute atomic E-state index is 0.104. The molecule has 2 N–H and O–H groups in total. The number of aryl methyl sites for hydroxylation is 1. The second-order valence-electron chi connectivity index (χ2n) is 3.64. The summed E-state index contributed by atoms with van der Waals surface area (Å²) in [7, 11) is 0. The maximum atomic E-state index is 11.9. The summed E-state index contributed by atoms with van der Waals surface area (Å²) in [5.41, 5.74) is 9.80. The van der Waals surface area contributed by atoms with Crippen molar-refractivity contribution in [2.24, 2.45) is 0 Å². The summed E-state index contributed by atoms with van der Waals surface area (Å²) in [6.45, 7) is 1.90. The zero-order valence-electron chi connectivity index (χ0n) is 8.93. The monoisotopic (exact) mass is 232 g/mol. The van der Waals surface area contributed by atoms with E-state index in [0.717, 1.165) is 10.4 Å². The van der Waals surface area contributed by atoms with Crippen LogP contribution >= 0.6 is 11.3 Å². The van der Waals surface area contributed by atoms with E-state index >= 15 is 0 Å². The van der Waals surface area contributed by atoms with Crippen molar-refractivity contribution in [3.05, 3.63) is 45.9 Å². The van der Waals surface area contributed by atoms with Gasteiger partial charge in [0.15, 0.2) is 5.78 Å². The highest BCUT2D eigenvalue weighted by atomic mass is 32.1. The Balaban J connectivity index is 2.18. The highest BCUT2D eigenvalue weighted by molar-refractivity contribution is 7.09. The number of thiazole rings is 1. The van der Waals surface area contributed by atoms with Gasteiger partial charge in [0, 0.05) is 28.7 Å². The molecule has 1 aromatic carbocycles. The van der Waals surface area contributed by atoms with Crippen LogP contribution in [0, 0.1) is 6.92 Å². The molecular weight excluding hydrogens is 220 g/mol. The predicted octanol–water partition coefficient (Wildman–Crippen LogP) is 2.46. The van der Waals surface area contributed by atoms with Crippen LogP contribution in [0.25, 0.3) is 0 Å². The number of ketones is 1. The van der Waals surface area contributed by atoms with Gasteiger partial charge in [-0.1, -0.05) is 0 Å². The molecule has 0 saturated carbocycles. The Morgan fingerprint density at radius 2 is 2.31 bits per heavy atom. The highest BCUT2D eigenvalue weighted by Gasteiger charge is 2.08. The SMILES string of the molecule is Cc1cc(C(=O)Cc2cncs2)ccc1N. The van der Waals surface area contributed by atoms with Gasteiger partial charge >= 0.3 is 0 Å². The van der Waals surface area contributed by atoms with Crippen LogP contribution in [0.5, 0.6) is 0 Å². The first-order chi connectivity index (χ1) is 7.66. The third-order valence-corrected chi connectivity index (χ3v) is 3.19. The number of hydrogen-bond donors (Lipinski definition) is 1. The summed E-state index contributed by atoms with van der Waals surface area (Å²) in [4.78, 5) is 16.8. The smallest absolute Gasteiger partial charge is 0.168 e. The van der Waals surface area contributed by atoms with Crippen LogP contribution in [0.3, 0.4) is 0 Å². The van der Waals surface area contributed by atoms with Gasteiger partial charge in [0.2, 0.25) is 0 Å². The average Bonchev–Trinajstić information content (AvgIpc) is 2.74. The Labute approximate surface area is 97.9 Å². The standard InChI is InChI=1S/C12H12N2OS/c1-8-4-9(2-3-11(8)13)12(15)5-10-6-14-7-16-10/h2-4,6-7H,5,13H2,1H3. The Hall–Kier alpha value is -1.68. The lowest BCUT2D eigenvalue weighted by atomic mass is 10.0. The van der Waals surface area contributed by atoms with Crippen molar-refractivity contribution in [2.45, 2.75) is 13.3 Å². The van der Waals surface area contributed by atoms with Crippen molar-refractivity contribution in [3.8, 4) is 0 Å². The summed E-state index contributed by atoms with van der Waals surface area (Å²) in [5.74, 6) is 0.104. The largest absolute Gasteiger partial charge is 0.399 e. The first kappa shape index (κ1) is 10.8. The normalized spacial score (nSPS) is 10.3. The molecular formula is C12H12N2OS. The van der Waals surface area contributed by atoms with Crippen molar-refractivity contribution in [2.75, 3.05) is 5.73 Å². The number of nitrogen functional groups attached to an aromatic ring is 1. The molecule has 0 aliphatic heterocycles. The minimum Gasteiger partial charge on any atom is -0.399 e. The van der Waals surface area contributed by atoms with Crippen LogP contribution in [0.1, 0.15) is 20.8 Å². The third-order valence-electron chi connectivity index (χ3n) is 2.41. The summed E-state index contributed by atoms with van der Waals surface area (Å²) in [6.07, 6.45) is 2.14. The van der Waals surface area contributed by atoms with Gasteiger partial charge in [0.25, 0.3) is 0 Å². The second-order valence-corrected chi connectivity index (χ2v) is 4.61. The second kappa shape index (κ2) is 4.45. The molecule has 0 atom stereocenters. The molecule has 1 heterocycles. The van der Waals surface area contributed by atoms with E-state index in [-0.39, 0.29) is 5.78 Å². The van der Waals surface area contributed by atoms with Crippen LogP contribution in [0.15, 0.2) is 29.9 Å². The van der Waals surface area contributed by atoms with Gasteiger partial charge in [-0.25, -0.2) is 0 Å². The number of nitrogens with two attached hydrogens (primary N) is 1. The lowest BCUT2D eigenvalue weighted by Gasteiger charge is -2.03. The molecule has 0 aliphatic carbocycles. The molecule has 82 valence electrons. The maximum absolute atomic E-state index is 11.9. The van der Waals surface area contributed by atoms with Crippen molar-refractivity contribution in [1.29, 1.82) is 0 Å². The van der Waals surface area contributed by atoms with Crippen LogP contribution in [0.2, 0.25) is 0 Å². The number of Topliss-reactive ketones (excluding diaryl/α,β-unsaturated/α-hetero) is 1. The molecule has 16 heavy (non-hydrogen) atoms. The molecule has 0 spiro atoms. The van der Waals surface area contributed by atoms with Gasteiger partial charge in [-0.2, -0.15) is 0 Å². The molecule has 3 nitrogen and oxygen atoms in total. The Bertz CT molecular complexity index is 506. The molecule has 0 amide bonds. The quantitative estimate of drug-likeness (QED) is 0.653. The number of hydrogen-bond acceptors (Lipinski definition) is 4. The van der Waals surface area contributed by atoms with Gasteiger partial charge < -0.3 is 5.73 Å². The van der Waals surface area contributed by atoms with Crippen molar-refractivity contribution < 1.29 is 4.79 Å². The van der Waals surface area contributed by atoms with Gasteiger partial charge in [-0.3, -0.25) is 9.78 Å². The molecule has 0 fully saturated rings. The molecule has 0 bridgehead atoms. The van der Waals surface area contributed by atoms with Crippen LogP contribution in [-0.2, 0) is 6.42 Å². The van der Waals surface area contributed by atoms with E-state index in [9.17, 15) is 4.79 Å². The number of rotatable bonds is 3. The lowest BCUT2D eigenvalue weighted by Crippen LogP contribution is -2.03. The first-order valence-electron chi connectivity index (χ1n) is 4.93. The summed E-state index contributed by atoms with van der Waals surface area (Å²) < 4.78 is 0. The maximum Gasteiger partial charge on any atom is 0.168 e. The highest BCUT2D eigenvalue weighted by Crippen LogP contribution is 2.16. The fourth-order valence-electron chi connectivity index (χ4n) is 1.44. The molecule has 0 aliphatic rings. The molecule has 0 radical (unpaired) electrons. The van der Waals surface area contributed by atoms with E-state index in [4.69, 9.17) is 5.73 Å². The van der Waals surface area contributed by atoms with E-state index in [2.05, 4.69) is 4.98 Å². The van der Waals surface area contributed by atoms with E-state index in [1.54, 1.807) is 23.8 Å². The van der Waals surface area contributed by atoms with Crippen molar-refractivity contribution in [3.63, 3.8) is 0 Å². The van der Waals surface area contributed by atoms with Gasteiger partial charge in [-0.05, 0) is 30.7 Å². The van der Waals surface area contributed by atoms with Crippen LogP contribution < -0.4 is 5.73 Å². The van der Waals surface area contributed by atoms with Gasteiger partial charge in [-0.15, -0.1) is 11.3 Å². The number of anilines is 1. The van der Waals surface area contributed by atoms with Crippen molar-refractivity contribution in [1.82, 2.24) is 4.98 Å². The molecule has 0 saturated heterocycles. The molecule has 4 heteroatoms. The van der Waals surface area contributed by atoms with E-state index in [1.165, 1.54) is 11.3 Å². The number of benzene rings is 1.